The van der Waals surface area contributed by atoms with Crippen LogP contribution in [-0.4, -0.2) is 69.7 Å². The summed E-state index contributed by atoms with van der Waals surface area (Å²) < 4.78 is 6.70. The summed E-state index contributed by atoms with van der Waals surface area (Å²) >= 11 is 3.06. The molecule has 1 aromatic rings. The predicted octanol–water partition coefficient (Wildman–Crippen LogP) is 3.10. The molecular weight excluding hydrogens is 360 g/mol. The number of ether oxygens (including phenoxy) is 1. The molecule has 0 aromatic carbocycles. The lowest BCUT2D eigenvalue weighted by atomic mass is 10.2. The second-order valence-corrected chi connectivity index (χ2v) is 9.16. The van der Waals surface area contributed by atoms with Crippen LogP contribution in [0, 0.1) is 0 Å². The summed E-state index contributed by atoms with van der Waals surface area (Å²) in [6, 6.07) is 0. The van der Waals surface area contributed by atoms with E-state index in [0.29, 0.717) is 19.6 Å². The van der Waals surface area contributed by atoms with Crippen molar-refractivity contribution < 1.29 is 14.7 Å². The standard InChI is InChI=1S/C16H28N4O3S2/c1-5-24-20(22)7-6-13-12-17-14(25-13)18-8-10-19(11-9-18)15(21)23-16(2,3)4/h12,22H,5-11H2,1-4H3. The van der Waals surface area contributed by atoms with Gasteiger partial charge in [0.2, 0.25) is 0 Å². The van der Waals surface area contributed by atoms with Gasteiger partial charge in [-0.15, -0.1) is 15.8 Å². The van der Waals surface area contributed by atoms with E-state index in [1.165, 1.54) is 16.4 Å². The third-order valence-electron chi connectivity index (χ3n) is 3.57. The first kappa shape index (κ1) is 20.3. The second-order valence-electron chi connectivity index (χ2n) is 6.81. The van der Waals surface area contributed by atoms with Crippen molar-refractivity contribution in [3.8, 4) is 0 Å². The normalized spacial score (nSPS) is 15.8. The van der Waals surface area contributed by atoms with Crippen LogP contribution in [0.3, 0.4) is 0 Å². The number of rotatable bonds is 6. The SMILES string of the molecule is CCSN(O)CCc1cnc(N2CCN(C(=O)OC(C)(C)C)CC2)s1. The molecule has 0 saturated carbocycles. The predicted molar refractivity (Wildman–Crippen MR) is 102 cm³/mol. The lowest BCUT2D eigenvalue weighted by molar-refractivity contribution is 0.0184. The molecule has 142 valence electrons. The first-order valence-corrected chi connectivity index (χ1v) is 10.3. The van der Waals surface area contributed by atoms with E-state index < -0.39 is 5.60 Å². The van der Waals surface area contributed by atoms with Gasteiger partial charge in [0, 0.05) is 49.6 Å². The number of nitrogens with zero attached hydrogens (tertiary/aromatic N) is 4. The lowest BCUT2D eigenvalue weighted by Crippen LogP contribution is -2.50. The number of piperazine rings is 1. The summed E-state index contributed by atoms with van der Waals surface area (Å²) in [5.41, 5.74) is -0.463. The molecule has 1 N–H and O–H groups in total. The van der Waals surface area contributed by atoms with Gasteiger partial charge < -0.3 is 19.7 Å². The molecule has 0 radical (unpaired) electrons. The molecule has 2 rings (SSSR count). The van der Waals surface area contributed by atoms with Gasteiger partial charge >= 0.3 is 6.09 Å². The smallest absolute Gasteiger partial charge is 0.410 e. The Hall–Kier alpha value is -1.03. The highest BCUT2D eigenvalue weighted by Gasteiger charge is 2.26. The molecule has 9 heteroatoms. The largest absolute Gasteiger partial charge is 0.444 e. The van der Waals surface area contributed by atoms with Crippen LogP contribution in [0.2, 0.25) is 0 Å². The average Bonchev–Trinajstić information content (AvgIpc) is 3.01. The Bertz CT molecular complexity index is 554. The molecule has 1 saturated heterocycles. The van der Waals surface area contributed by atoms with Crippen molar-refractivity contribution in [1.29, 1.82) is 0 Å². The van der Waals surface area contributed by atoms with Crippen molar-refractivity contribution in [1.82, 2.24) is 14.4 Å². The van der Waals surface area contributed by atoms with Crippen LogP contribution in [0.1, 0.15) is 32.6 Å². The van der Waals surface area contributed by atoms with Crippen LogP contribution in [0.25, 0.3) is 0 Å². The quantitative estimate of drug-likeness (QED) is 0.593. The van der Waals surface area contributed by atoms with Crippen molar-refractivity contribution in [2.75, 3.05) is 43.4 Å². The molecule has 1 amide bonds. The van der Waals surface area contributed by atoms with Crippen LogP contribution in [0.5, 0.6) is 0 Å². The van der Waals surface area contributed by atoms with E-state index in [4.69, 9.17) is 4.74 Å². The maximum Gasteiger partial charge on any atom is 0.410 e. The number of anilines is 1. The Balaban J connectivity index is 1.80. The van der Waals surface area contributed by atoms with E-state index in [0.717, 1.165) is 35.3 Å². The molecular formula is C16H28N4O3S2. The van der Waals surface area contributed by atoms with E-state index in [-0.39, 0.29) is 6.09 Å². The van der Waals surface area contributed by atoms with Crippen LogP contribution < -0.4 is 4.90 Å². The summed E-state index contributed by atoms with van der Waals surface area (Å²) in [6.07, 6.45) is 2.41. The molecule has 1 aliphatic rings. The minimum atomic E-state index is -0.463. The van der Waals surface area contributed by atoms with Crippen molar-refractivity contribution >= 4 is 34.5 Å². The third kappa shape index (κ3) is 6.65. The molecule has 7 nitrogen and oxygen atoms in total. The number of carbonyl (C=O) groups excluding carboxylic acids is 1. The third-order valence-corrected chi connectivity index (χ3v) is 5.43. The summed E-state index contributed by atoms with van der Waals surface area (Å²) in [6.45, 7) is 11.0. The number of hydrogen-bond donors (Lipinski definition) is 1. The minimum absolute atomic E-state index is 0.247. The zero-order valence-electron chi connectivity index (χ0n) is 15.4. The van der Waals surface area contributed by atoms with E-state index >= 15 is 0 Å². The minimum Gasteiger partial charge on any atom is -0.444 e. The highest BCUT2D eigenvalue weighted by atomic mass is 32.2. The maximum absolute atomic E-state index is 12.1. The van der Waals surface area contributed by atoms with Crippen molar-refractivity contribution in [2.45, 2.75) is 39.7 Å². The van der Waals surface area contributed by atoms with Gasteiger partial charge in [-0.1, -0.05) is 18.9 Å². The molecule has 0 unspecified atom stereocenters. The Kier molecular flexibility index (Phi) is 7.36. The summed E-state index contributed by atoms with van der Waals surface area (Å²) in [5.74, 6) is 0.854. The van der Waals surface area contributed by atoms with Crippen LogP contribution in [-0.2, 0) is 11.2 Å². The first-order chi connectivity index (χ1) is 11.8. The molecule has 0 bridgehead atoms. The molecule has 0 spiro atoms. The number of hydroxylamine groups is 1. The molecule has 0 atom stereocenters. The van der Waals surface area contributed by atoms with Gasteiger partial charge in [0.15, 0.2) is 5.13 Å². The van der Waals surface area contributed by atoms with E-state index in [2.05, 4.69) is 9.88 Å². The van der Waals surface area contributed by atoms with Crippen molar-refractivity contribution in [2.24, 2.45) is 0 Å². The fourth-order valence-electron chi connectivity index (χ4n) is 2.39. The van der Waals surface area contributed by atoms with E-state index in [1.807, 2.05) is 33.9 Å². The number of amides is 1. The zero-order chi connectivity index (χ0) is 18.4. The molecule has 1 aromatic heterocycles. The van der Waals surface area contributed by atoms with Crippen LogP contribution in [0.15, 0.2) is 6.20 Å². The fraction of sp³-hybridized carbons (Fsp3) is 0.750. The van der Waals surface area contributed by atoms with Crippen molar-refractivity contribution in [3.63, 3.8) is 0 Å². The molecule has 1 aliphatic heterocycles. The van der Waals surface area contributed by atoms with E-state index in [9.17, 15) is 10.0 Å². The first-order valence-electron chi connectivity index (χ1n) is 8.55. The van der Waals surface area contributed by atoms with Crippen LogP contribution in [0.4, 0.5) is 9.93 Å². The van der Waals surface area contributed by atoms with Crippen molar-refractivity contribution in [3.05, 3.63) is 11.1 Å². The molecule has 25 heavy (non-hydrogen) atoms. The molecule has 0 aliphatic carbocycles. The van der Waals surface area contributed by atoms with Gasteiger partial charge in [0.05, 0.1) is 0 Å². The van der Waals surface area contributed by atoms with Crippen LogP contribution >= 0.6 is 23.3 Å². The monoisotopic (exact) mass is 388 g/mol. The van der Waals surface area contributed by atoms with Gasteiger partial charge in [0.1, 0.15) is 5.60 Å². The highest BCUT2D eigenvalue weighted by Crippen LogP contribution is 2.25. The number of aromatic nitrogens is 1. The summed E-state index contributed by atoms with van der Waals surface area (Å²) in [4.78, 5) is 21.7. The number of hydrogen-bond acceptors (Lipinski definition) is 8. The second kappa shape index (κ2) is 9.07. The van der Waals surface area contributed by atoms with Gasteiger partial charge in [-0.05, 0) is 27.2 Å². The Morgan fingerprint density at radius 3 is 2.68 bits per heavy atom. The molecule has 2 heterocycles. The summed E-state index contributed by atoms with van der Waals surface area (Å²) in [5, 5.41) is 10.6. The Morgan fingerprint density at radius 2 is 2.08 bits per heavy atom. The fourth-order valence-corrected chi connectivity index (χ4v) is 3.85. The highest BCUT2D eigenvalue weighted by molar-refractivity contribution is 7.96. The zero-order valence-corrected chi connectivity index (χ0v) is 17.0. The average molecular weight is 389 g/mol. The van der Waals surface area contributed by atoms with Gasteiger partial charge in [-0.25, -0.2) is 9.78 Å². The Morgan fingerprint density at radius 1 is 1.40 bits per heavy atom. The van der Waals surface area contributed by atoms with Gasteiger partial charge in [-0.3, -0.25) is 0 Å². The number of thiazole rings is 1. The van der Waals surface area contributed by atoms with Gasteiger partial charge in [0.25, 0.3) is 0 Å². The Labute approximate surface area is 158 Å². The topological polar surface area (TPSA) is 69.1 Å². The molecule has 1 fully saturated rings. The number of carbonyl (C=O) groups is 1. The van der Waals surface area contributed by atoms with E-state index in [1.54, 1.807) is 16.2 Å². The lowest BCUT2D eigenvalue weighted by Gasteiger charge is -2.35. The van der Waals surface area contributed by atoms with Gasteiger partial charge in [-0.2, -0.15) is 0 Å². The summed E-state index contributed by atoms with van der Waals surface area (Å²) in [7, 11) is 0. The maximum atomic E-state index is 12.1.